The van der Waals surface area contributed by atoms with Crippen LogP contribution < -0.4 is 19.3 Å². The second-order valence-corrected chi connectivity index (χ2v) is 34.4. The van der Waals surface area contributed by atoms with Gasteiger partial charge >= 0.3 is 0 Å². The molecule has 0 bridgehead atoms. The van der Waals surface area contributed by atoms with Gasteiger partial charge < -0.3 is 28.1 Å². The van der Waals surface area contributed by atoms with E-state index in [1.54, 1.807) is 24.3 Å². The molecule has 2 aliphatic carbocycles. The Hall–Kier alpha value is -17.5. The second kappa shape index (κ2) is 32.9. The first-order chi connectivity index (χ1) is 66.1. The Bertz CT molecular complexity index is 7820. The molecule has 2 aromatic heterocycles. The van der Waals surface area contributed by atoms with Crippen molar-refractivity contribution >= 4 is 90.2 Å². The van der Waals surface area contributed by atoms with Gasteiger partial charge in [-0.1, -0.05) is 329 Å². The first kappa shape index (κ1) is 79.9. The number of rotatable bonds is 21. The van der Waals surface area contributed by atoms with Crippen molar-refractivity contribution in [2.24, 2.45) is 0 Å². The van der Waals surface area contributed by atoms with Gasteiger partial charge in [-0.05, 0) is 280 Å². The highest BCUT2D eigenvalue weighted by atomic mass is 19.1. The molecule has 20 aromatic carbocycles. The molecule has 6 nitrogen and oxygen atoms in total. The SMILES string of the molecule is C=Cc1ccc(Oc2ccc(C3(c4ccc(F)cc4)c4ccccc4-c4ccc(N(c5ccc(-c6ccc(N(c7cccc(-c8ccc(-c9cccc%10c9oc9ccccc9%10)cc8)c7)c7ccc8c(c7)C(c7ccc(F)cc7)(c7ccc(Oc9ccc(C=C)cc9)cc7)c7ccccc7-8)cc6)cc5)c5cccc(-c6ccc(-c7cccc8c7oc7ccccc78)cc6)c5)cc43)cc2)cc1. The molecule has 0 aliphatic heterocycles. The van der Waals surface area contributed by atoms with Crippen molar-refractivity contribution in [3.8, 4) is 101 Å². The third-order valence-corrected chi connectivity index (χ3v) is 27.1. The highest BCUT2D eigenvalue weighted by molar-refractivity contribution is 6.11. The van der Waals surface area contributed by atoms with Crippen molar-refractivity contribution in [3.05, 3.63) is 541 Å². The number of para-hydroxylation sites is 4. The first-order valence-corrected chi connectivity index (χ1v) is 45.1. The summed E-state index contributed by atoms with van der Waals surface area (Å²) in [6.07, 6.45) is 3.64. The minimum absolute atomic E-state index is 0.317. The number of halogens is 2. The molecule has 0 radical (unpaired) electrons. The number of hydrogen-bond donors (Lipinski definition) is 0. The molecule has 0 spiro atoms. The van der Waals surface area contributed by atoms with Crippen molar-refractivity contribution < 1.29 is 27.1 Å². The zero-order chi connectivity index (χ0) is 89.5. The molecule has 22 aromatic rings. The largest absolute Gasteiger partial charge is 0.457 e. The Morgan fingerprint density at radius 2 is 0.515 bits per heavy atom. The maximum Gasteiger partial charge on any atom is 0.143 e. The smallest absolute Gasteiger partial charge is 0.143 e. The van der Waals surface area contributed by atoms with Crippen LogP contribution in [0.4, 0.5) is 42.9 Å². The van der Waals surface area contributed by atoms with Crippen molar-refractivity contribution in [2.75, 3.05) is 9.80 Å². The number of fused-ring (bicyclic) bond motifs is 12. The lowest BCUT2D eigenvalue weighted by Crippen LogP contribution is -2.29. The molecule has 0 N–H and O–H groups in total. The van der Waals surface area contributed by atoms with E-state index < -0.39 is 10.8 Å². The number of furan rings is 2. The minimum atomic E-state index is -0.915. The van der Waals surface area contributed by atoms with E-state index in [1.165, 1.54) is 0 Å². The molecule has 24 rings (SSSR count). The fraction of sp³-hybridized carbons (Fsp3) is 0.0159. The van der Waals surface area contributed by atoms with Gasteiger partial charge in [-0.2, -0.15) is 0 Å². The Kier molecular flexibility index (Phi) is 19.6. The van der Waals surface area contributed by atoms with Crippen molar-refractivity contribution in [3.63, 3.8) is 0 Å². The Morgan fingerprint density at radius 1 is 0.224 bits per heavy atom. The predicted molar refractivity (Wildman–Crippen MR) is 545 cm³/mol. The van der Waals surface area contributed by atoms with E-state index >= 15 is 8.78 Å². The van der Waals surface area contributed by atoms with Crippen molar-refractivity contribution in [1.82, 2.24) is 0 Å². The van der Waals surface area contributed by atoms with Gasteiger partial charge in [0.25, 0.3) is 0 Å². The van der Waals surface area contributed by atoms with Gasteiger partial charge in [0.2, 0.25) is 0 Å². The van der Waals surface area contributed by atoms with Crippen LogP contribution in [0.3, 0.4) is 0 Å². The standard InChI is InChI=1S/C126H82F2N2O4/c1-3-81-33-67-103(68-34-81)131-105-71-53-93(54-72-105)125(91-49-57-95(127)58-50-91)117-29-9-5-21-109(117)111-75-65-101(79-119(111)125)129(99-19-13-17-89(77-99)85-37-41-87(42-38-85)107-25-15-27-115-113-23-7-11-31-121(113)133-123(107)115)97-61-45-83(46-62-97)84-47-63-98(64-48-84)130(100-20-14-18-90(78-100)86-39-43-88(44-40-86)108-26-16-28-116-114-24-8-12-32-122(114)134-124(108)116)102-66-76-112-110-22-6-10-30-118(110)126(120(112)80-102,92-51-59-96(128)60-52-92)94-55-73-106(74-56-94)132-104-69-35-82(4-2)36-70-104/h3-80H,1-2H2. The zero-order valence-electron chi connectivity index (χ0n) is 72.7. The average Bonchev–Trinajstić information content (AvgIpc) is 1.54. The minimum Gasteiger partial charge on any atom is -0.457 e. The molecule has 2 unspecified atom stereocenters. The van der Waals surface area contributed by atoms with Gasteiger partial charge in [0.1, 0.15) is 57.0 Å². The lowest BCUT2D eigenvalue weighted by molar-refractivity contribution is 0.482. The number of hydrogen-bond acceptors (Lipinski definition) is 6. The average molecular weight is 1730 g/mol. The van der Waals surface area contributed by atoms with Crippen LogP contribution in [-0.2, 0) is 10.8 Å². The molecule has 2 heterocycles. The predicted octanol–water partition coefficient (Wildman–Crippen LogP) is 34.6. The molecule has 134 heavy (non-hydrogen) atoms. The number of anilines is 6. The van der Waals surface area contributed by atoms with E-state index in [1.807, 2.05) is 133 Å². The summed E-state index contributed by atoms with van der Waals surface area (Å²) in [6, 6.07) is 160. The molecule has 2 atom stereocenters. The van der Waals surface area contributed by atoms with Crippen LogP contribution in [0.25, 0.3) is 134 Å². The van der Waals surface area contributed by atoms with Gasteiger partial charge in [-0.3, -0.25) is 0 Å². The number of ether oxygens (including phenoxy) is 2. The van der Waals surface area contributed by atoms with Crippen molar-refractivity contribution in [1.29, 1.82) is 0 Å². The third-order valence-electron chi connectivity index (χ3n) is 27.1. The van der Waals surface area contributed by atoms with Gasteiger partial charge in [-0.15, -0.1) is 0 Å². The molecule has 0 saturated carbocycles. The summed E-state index contributed by atoms with van der Waals surface area (Å²) in [6.45, 7) is 7.90. The number of benzene rings is 20. The molecule has 2 aliphatic rings. The van der Waals surface area contributed by atoms with Crippen molar-refractivity contribution in [2.45, 2.75) is 10.8 Å². The van der Waals surface area contributed by atoms with Crippen LogP contribution in [0.2, 0.25) is 0 Å². The maximum absolute atomic E-state index is 15.6. The van der Waals surface area contributed by atoms with E-state index in [4.69, 9.17) is 18.3 Å². The maximum atomic E-state index is 15.6. The molecule has 0 amide bonds. The summed E-state index contributed by atoms with van der Waals surface area (Å²) in [5, 5.41) is 4.35. The summed E-state index contributed by atoms with van der Waals surface area (Å²) in [5.41, 5.74) is 32.1. The molecular formula is C126H82F2N2O4. The van der Waals surface area contributed by atoms with Crippen LogP contribution in [0.1, 0.15) is 55.6 Å². The highest BCUT2D eigenvalue weighted by Crippen LogP contribution is 2.61. The van der Waals surface area contributed by atoms with E-state index in [0.717, 1.165) is 212 Å². The van der Waals surface area contributed by atoms with Crippen LogP contribution in [0, 0.1) is 11.6 Å². The van der Waals surface area contributed by atoms with Crippen LogP contribution in [0.15, 0.2) is 483 Å². The quantitative estimate of drug-likeness (QED) is 0.0715. The summed E-state index contributed by atoms with van der Waals surface area (Å²) >= 11 is 0. The fourth-order valence-electron chi connectivity index (χ4n) is 20.7. The molecule has 634 valence electrons. The Labute approximate surface area is 775 Å². The molecular weight excluding hydrogens is 1640 g/mol. The molecule has 8 heteroatoms. The van der Waals surface area contributed by atoms with Crippen LogP contribution in [-0.4, -0.2) is 0 Å². The highest BCUT2D eigenvalue weighted by Gasteiger charge is 2.49. The van der Waals surface area contributed by atoms with Gasteiger partial charge in [0, 0.05) is 66.8 Å². The Balaban J connectivity index is 0.629. The normalized spacial score (nSPS) is 14.0. The first-order valence-electron chi connectivity index (χ1n) is 45.1. The van der Waals surface area contributed by atoms with Gasteiger partial charge in [0.15, 0.2) is 0 Å². The third kappa shape index (κ3) is 13.7. The zero-order valence-corrected chi connectivity index (χ0v) is 72.7. The van der Waals surface area contributed by atoms with E-state index in [2.05, 4.69) is 338 Å². The van der Waals surface area contributed by atoms with Crippen LogP contribution in [0.5, 0.6) is 23.0 Å². The van der Waals surface area contributed by atoms with E-state index in [0.29, 0.717) is 23.0 Å². The summed E-state index contributed by atoms with van der Waals surface area (Å²) < 4.78 is 57.3. The van der Waals surface area contributed by atoms with E-state index in [9.17, 15) is 0 Å². The molecule has 0 fully saturated rings. The topological polar surface area (TPSA) is 51.2 Å². The second-order valence-electron chi connectivity index (χ2n) is 34.4. The lowest BCUT2D eigenvalue weighted by Gasteiger charge is -2.35. The summed E-state index contributed by atoms with van der Waals surface area (Å²) in [4.78, 5) is 4.72. The lowest BCUT2D eigenvalue weighted by atomic mass is 9.67. The van der Waals surface area contributed by atoms with Gasteiger partial charge in [0.05, 0.1) is 10.8 Å². The number of nitrogens with zero attached hydrogens (tertiary/aromatic N) is 2. The van der Waals surface area contributed by atoms with Gasteiger partial charge in [-0.25, -0.2) is 8.78 Å². The Morgan fingerprint density at radius 3 is 0.903 bits per heavy atom. The summed E-state index contributed by atoms with van der Waals surface area (Å²) in [5.74, 6) is 2.15. The summed E-state index contributed by atoms with van der Waals surface area (Å²) in [7, 11) is 0. The molecule has 0 saturated heterocycles. The monoisotopic (exact) mass is 1720 g/mol. The van der Waals surface area contributed by atoms with Crippen LogP contribution >= 0.6 is 0 Å². The fourth-order valence-corrected chi connectivity index (χ4v) is 20.7. The van der Waals surface area contributed by atoms with E-state index in [-0.39, 0.29) is 11.6 Å².